The standard InChI is InChI=1S/C23H26N4O2S/c1-5-14-27-22(18-12-7-8-13-19(18)29-6-2)25-26-23(27)30-15-20(28)24-21-16(3)10-9-11-17(21)4/h5,7-13H,1,6,14-15H2,2-4H3,(H,24,28). The second kappa shape index (κ2) is 10.1. The minimum atomic E-state index is -0.0816. The van der Waals surface area contributed by atoms with Crippen molar-refractivity contribution in [3.63, 3.8) is 0 Å². The van der Waals surface area contributed by atoms with Crippen LogP contribution in [0.25, 0.3) is 11.4 Å². The second-order valence-electron chi connectivity index (χ2n) is 6.74. The van der Waals surface area contributed by atoms with Gasteiger partial charge in [0.15, 0.2) is 11.0 Å². The van der Waals surface area contributed by atoms with Gasteiger partial charge >= 0.3 is 0 Å². The van der Waals surface area contributed by atoms with Gasteiger partial charge in [-0.05, 0) is 44.0 Å². The maximum Gasteiger partial charge on any atom is 0.234 e. The van der Waals surface area contributed by atoms with Crippen molar-refractivity contribution in [3.8, 4) is 17.1 Å². The maximum atomic E-state index is 12.5. The highest BCUT2D eigenvalue weighted by Gasteiger charge is 2.18. The third kappa shape index (κ3) is 4.91. The van der Waals surface area contributed by atoms with Crippen LogP contribution in [0.1, 0.15) is 18.1 Å². The first-order valence-corrected chi connectivity index (χ1v) is 10.8. The lowest BCUT2D eigenvalue weighted by Gasteiger charge is -2.12. The van der Waals surface area contributed by atoms with Crippen LogP contribution in [0.5, 0.6) is 5.75 Å². The van der Waals surface area contributed by atoms with Gasteiger partial charge in [-0.3, -0.25) is 9.36 Å². The number of carbonyl (C=O) groups excluding carboxylic acids is 1. The van der Waals surface area contributed by atoms with E-state index >= 15 is 0 Å². The number of ether oxygens (including phenoxy) is 1. The predicted octanol–water partition coefficient (Wildman–Crippen LogP) is 4.88. The summed E-state index contributed by atoms with van der Waals surface area (Å²) in [6.07, 6.45) is 1.79. The Bertz CT molecular complexity index is 1030. The summed E-state index contributed by atoms with van der Waals surface area (Å²) in [6, 6.07) is 13.7. The van der Waals surface area contributed by atoms with Crippen molar-refractivity contribution >= 4 is 23.4 Å². The molecule has 2 aromatic carbocycles. The van der Waals surface area contributed by atoms with Crippen molar-refractivity contribution in [2.24, 2.45) is 0 Å². The average Bonchev–Trinajstić information content (AvgIpc) is 3.13. The largest absolute Gasteiger partial charge is 0.493 e. The molecule has 0 saturated heterocycles. The van der Waals surface area contributed by atoms with E-state index in [4.69, 9.17) is 4.74 Å². The molecule has 0 aliphatic carbocycles. The lowest BCUT2D eigenvalue weighted by Crippen LogP contribution is -2.16. The number of hydrogen-bond donors (Lipinski definition) is 1. The SMILES string of the molecule is C=CCn1c(SCC(=O)Nc2c(C)cccc2C)nnc1-c1ccccc1OCC. The van der Waals surface area contributed by atoms with E-state index < -0.39 is 0 Å². The third-order valence-corrected chi connectivity index (χ3v) is 5.50. The van der Waals surface area contributed by atoms with Gasteiger partial charge in [-0.1, -0.05) is 48.2 Å². The van der Waals surface area contributed by atoms with Crippen LogP contribution in [-0.2, 0) is 11.3 Å². The molecule has 6 nitrogen and oxygen atoms in total. The molecule has 3 aromatic rings. The van der Waals surface area contributed by atoms with E-state index in [1.54, 1.807) is 6.08 Å². The summed E-state index contributed by atoms with van der Waals surface area (Å²) in [6.45, 7) is 10.9. The minimum Gasteiger partial charge on any atom is -0.493 e. The van der Waals surface area contributed by atoms with Crippen LogP contribution in [0.2, 0.25) is 0 Å². The molecule has 0 aliphatic rings. The van der Waals surface area contributed by atoms with E-state index in [9.17, 15) is 4.79 Å². The van der Waals surface area contributed by atoms with Gasteiger partial charge in [-0.2, -0.15) is 0 Å². The zero-order valence-electron chi connectivity index (χ0n) is 17.5. The molecular weight excluding hydrogens is 396 g/mol. The van der Waals surface area contributed by atoms with Gasteiger partial charge in [0.2, 0.25) is 5.91 Å². The number of thioether (sulfide) groups is 1. The number of carbonyl (C=O) groups is 1. The van der Waals surface area contributed by atoms with E-state index in [-0.39, 0.29) is 11.7 Å². The van der Waals surface area contributed by atoms with Crippen molar-refractivity contribution in [3.05, 3.63) is 66.2 Å². The van der Waals surface area contributed by atoms with Gasteiger partial charge in [-0.15, -0.1) is 16.8 Å². The van der Waals surface area contributed by atoms with Crippen LogP contribution >= 0.6 is 11.8 Å². The number of aryl methyl sites for hydroxylation is 2. The zero-order valence-corrected chi connectivity index (χ0v) is 18.3. The van der Waals surface area contributed by atoms with E-state index in [1.165, 1.54) is 11.8 Å². The molecule has 0 spiro atoms. The normalized spacial score (nSPS) is 10.6. The molecule has 7 heteroatoms. The molecule has 0 aliphatic heterocycles. The quantitative estimate of drug-likeness (QED) is 0.393. The number of rotatable bonds is 9. The Kier molecular flexibility index (Phi) is 7.30. The summed E-state index contributed by atoms with van der Waals surface area (Å²) in [4.78, 5) is 12.5. The Balaban J connectivity index is 1.79. The average molecular weight is 423 g/mol. The fraction of sp³-hybridized carbons (Fsp3) is 0.261. The van der Waals surface area contributed by atoms with Gasteiger partial charge in [0.25, 0.3) is 0 Å². The zero-order chi connectivity index (χ0) is 21.5. The van der Waals surface area contributed by atoms with Crippen molar-refractivity contribution < 1.29 is 9.53 Å². The summed E-state index contributed by atoms with van der Waals surface area (Å²) in [5, 5.41) is 12.4. The number of hydrogen-bond acceptors (Lipinski definition) is 5. The molecule has 156 valence electrons. The molecule has 1 amide bonds. The van der Waals surface area contributed by atoms with Crippen molar-refractivity contribution in [2.45, 2.75) is 32.5 Å². The van der Waals surface area contributed by atoms with E-state index in [0.717, 1.165) is 28.1 Å². The van der Waals surface area contributed by atoms with Crippen LogP contribution in [0, 0.1) is 13.8 Å². The summed E-state index contributed by atoms with van der Waals surface area (Å²) < 4.78 is 7.69. The third-order valence-electron chi connectivity index (χ3n) is 4.53. The topological polar surface area (TPSA) is 69.0 Å². The first kappa shape index (κ1) is 21.6. The van der Waals surface area contributed by atoms with Crippen LogP contribution in [0.3, 0.4) is 0 Å². The minimum absolute atomic E-state index is 0.0816. The van der Waals surface area contributed by atoms with Crippen molar-refractivity contribution in [1.82, 2.24) is 14.8 Å². The summed E-state index contributed by atoms with van der Waals surface area (Å²) >= 11 is 1.35. The first-order chi connectivity index (χ1) is 14.5. The molecule has 0 unspecified atom stereocenters. The van der Waals surface area contributed by atoms with Crippen LogP contribution < -0.4 is 10.1 Å². The highest BCUT2D eigenvalue weighted by atomic mass is 32.2. The lowest BCUT2D eigenvalue weighted by atomic mass is 10.1. The number of allylic oxidation sites excluding steroid dienone is 1. The smallest absolute Gasteiger partial charge is 0.234 e. The molecule has 0 bridgehead atoms. The number of amides is 1. The Morgan fingerprint density at radius 3 is 2.60 bits per heavy atom. The van der Waals surface area contributed by atoms with Crippen molar-refractivity contribution in [2.75, 3.05) is 17.7 Å². The highest BCUT2D eigenvalue weighted by Crippen LogP contribution is 2.31. The summed E-state index contributed by atoms with van der Waals surface area (Å²) in [5.74, 6) is 1.59. The fourth-order valence-electron chi connectivity index (χ4n) is 3.14. The van der Waals surface area contributed by atoms with Crippen LogP contribution in [0.4, 0.5) is 5.69 Å². The molecule has 0 radical (unpaired) electrons. The summed E-state index contributed by atoms with van der Waals surface area (Å²) in [5.41, 5.74) is 3.80. The molecule has 0 atom stereocenters. The second-order valence-corrected chi connectivity index (χ2v) is 7.68. The Labute approximate surface area is 181 Å². The number of aromatic nitrogens is 3. The first-order valence-electron chi connectivity index (χ1n) is 9.80. The lowest BCUT2D eigenvalue weighted by molar-refractivity contribution is -0.113. The van der Waals surface area contributed by atoms with E-state index in [0.29, 0.717) is 24.1 Å². The van der Waals surface area contributed by atoms with Crippen LogP contribution in [-0.4, -0.2) is 33.0 Å². The number of nitrogens with zero attached hydrogens (tertiary/aromatic N) is 3. The number of nitrogens with one attached hydrogen (secondary N) is 1. The van der Waals surface area contributed by atoms with Gasteiger partial charge in [0.1, 0.15) is 5.75 Å². The van der Waals surface area contributed by atoms with E-state index in [2.05, 4.69) is 22.1 Å². The van der Waals surface area contributed by atoms with Crippen LogP contribution in [0.15, 0.2) is 60.3 Å². The van der Waals surface area contributed by atoms with Gasteiger partial charge in [0.05, 0.1) is 17.9 Å². The van der Waals surface area contributed by atoms with E-state index in [1.807, 2.05) is 67.8 Å². The molecule has 1 aromatic heterocycles. The Hall–Kier alpha value is -3.06. The molecule has 1 heterocycles. The molecular formula is C23H26N4O2S. The van der Waals surface area contributed by atoms with Gasteiger partial charge in [-0.25, -0.2) is 0 Å². The number of benzene rings is 2. The molecule has 1 N–H and O–H groups in total. The molecule has 0 fully saturated rings. The Morgan fingerprint density at radius 1 is 1.17 bits per heavy atom. The maximum absolute atomic E-state index is 12.5. The van der Waals surface area contributed by atoms with Crippen molar-refractivity contribution in [1.29, 1.82) is 0 Å². The van der Waals surface area contributed by atoms with Gasteiger partial charge < -0.3 is 10.1 Å². The highest BCUT2D eigenvalue weighted by molar-refractivity contribution is 7.99. The molecule has 3 rings (SSSR count). The summed E-state index contributed by atoms with van der Waals surface area (Å²) in [7, 11) is 0. The number of para-hydroxylation sites is 2. The monoisotopic (exact) mass is 422 g/mol. The predicted molar refractivity (Wildman–Crippen MR) is 122 cm³/mol. The Morgan fingerprint density at radius 2 is 1.90 bits per heavy atom. The fourth-order valence-corrected chi connectivity index (χ4v) is 3.89. The molecule has 30 heavy (non-hydrogen) atoms. The van der Waals surface area contributed by atoms with Gasteiger partial charge in [0, 0.05) is 12.2 Å². The molecule has 0 saturated carbocycles. The number of anilines is 1.